The number of nitriles is 1. The Morgan fingerprint density at radius 2 is 2.07 bits per heavy atom. The molecule has 2 atom stereocenters. The lowest BCUT2D eigenvalue weighted by Gasteiger charge is -2.35. The molecule has 6 nitrogen and oxygen atoms in total. The summed E-state index contributed by atoms with van der Waals surface area (Å²) in [7, 11) is 0. The smallest absolute Gasteiger partial charge is 0.236 e. The molecule has 6 heteroatoms. The van der Waals surface area contributed by atoms with Gasteiger partial charge in [0.1, 0.15) is 0 Å². The molecule has 27 heavy (non-hydrogen) atoms. The van der Waals surface area contributed by atoms with Crippen LogP contribution in [0.15, 0.2) is 36.5 Å². The molecule has 0 radical (unpaired) electrons. The van der Waals surface area contributed by atoms with Crippen molar-refractivity contribution in [2.24, 2.45) is 5.73 Å². The summed E-state index contributed by atoms with van der Waals surface area (Å²) in [5.41, 5.74) is 10.6. The molecule has 0 aliphatic carbocycles. The van der Waals surface area contributed by atoms with E-state index in [1.54, 1.807) is 18.3 Å². The Morgan fingerprint density at radius 1 is 1.30 bits per heavy atom. The standard InChI is InChI=1S/C21H23N5O/c1-14-19-20(18(8-9-24-19)25-10-2-3-17(23)13-25)26(21(14)27)12-16-6-4-15(11-22)5-7-16/h4-9,14,17H,2-3,10,12-13,23H2,1H3/t14-,17-/m1/s1. The van der Waals surface area contributed by atoms with Crippen molar-refractivity contribution >= 4 is 17.3 Å². The van der Waals surface area contributed by atoms with Gasteiger partial charge in [0.15, 0.2) is 0 Å². The molecule has 0 unspecified atom stereocenters. The Balaban J connectivity index is 1.71. The van der Waals surface area contributed by atoms with Gasteiger partial charge in [0.25, 0.3) is 0 Å². The van der Waals surface area contributed by atoms with Gasteiger partial charge < -0.3 is 15.5 Å². The van der Waals surface area contributed by atoms with E-state index < -0.39 is 0 Å². The number of aromatic nitrogens is 1. The molecule has 1 amide bonds. The van der Waals surface area contributed by atoms with Crippen LogP contribution in [-0.4, -0.2) is 30.0 Å². The molecule has 2 N–H and O–H groups in total. The highest BCUT2D eigenvalue weighted by atomic mass is 16.2. The fourth-order valence-corrected chi connectivity index (χ4v) is 4.02. The Labute approximate surface area is 159 Å². The predicted octanol–water partition coefficient (Wildman–Crippen LogP) is 2.53. The molecular weight excluding hydrogens is 338 g/mol. The second-order valence-corrected chi connectivity index (χ2v) is 7.37. The number of amides is 1. The molecule has 2 aromatic rings. The minimum Gasteiger partial charge on any atom is -0.368 e. The molecule has 0 spiro atoms. The molecule has 1 aromatic carbocycles. The Hall–Kier alpha value is -2.91. The van der Waals surface area contributed by atoms with Crippen LogP contribution in [0.25, 0.3) is 0 Å². The largest absolute Gasteiger partial charge is 0.368 e. The summed E-state index contributed by atoms with van der Waals surface area (Å²) in [4.78, 5) is 21.6. The second kappa shape index (κ2) is 7.01. The molecular formula is C21H23N5O. The monoisotopic (exact) mass is 361 g/mol. The van der Waals surface area contributed by atoms with Gasteiger partial charge in [-0.2, -0.15) is 5.26 Å². The SMILES string of the molecule is C[C@H]1C(=O)N(Cc2ccc(C#N)cc2)c2c(N3CCC[C@@H](N)C3)ccnc21. The van der Waals surface area contributed by atoms with Crippen molar-refractivity contribution in [2.45, 2.75) is 38.3 Å². The van der Waals surface area contributed by atoms with Gasteiger partial charge in [-0.05, 0) is 43.5 Å². The van der Waals surface area contributed by atoms with Gasteiger partial charge >= 0.3 is 0 Å². The maximum absolute atomic E-state index is 13.0. The molecule has 1 aromatic heterocycles. The van der Waals surface area contributed by atoms with Crippen molar-refractivity contribution in [3.05, 3.63) is 53.3 Å². The lowest BCUT2D eigenvalue weighted by Crippen LogP contribution is -2.43. The van der Waals surface area contributed by atoms with E-state index in [0.717, 1.165) is 48.6 Å². The van der Waals surface area contributed by atoms with Crippen LogP contribution in [0.1, 0.15) is 42.5 Å². The first-order chi connectivity index (χ1) is 13.1. The average molecular weight is 361 g/mol. The number of hydrogen-bond donors (Lipinski definition) is 1. The van der Waals surface area contributed by atoms with E-state index in [-0.39, 0.29) is 17.9 Å². The van der Waals surface area contributed by atoms with Crippen molar-refractivity contribution in [3.8, 4) is 6.07 Å². The fourth-order valence-electron chi connectivity index (χ4n) is 4.02. The Bertz CT molecular complexity index is 902. The summed E-state index contributed by atoms with van der Waals surface area (Å²) >= 11 is 0. The number of benzene rings is 1. The minimum atomic E-state index is -0.253. The highest BCUT2D eigenvalue weighted by molar-refractivity contribution is 6.07. The molecule has 4 rings (SSSR count). The molecule has 1 saturated heterocycles. The predicted molar refractivity (Wildman–Crippen MR) is 104 cm³/mol. The van der Waals surface area contributed by atoms with Gasteiger partial charge in [0.05, 0.1) is 41.2 Å². The highest BCUT2D eigenvalue weighted by Crippen LogP contribution is 2.43. The highest BCUT2D eigenvalue weighted by Gasteiger charge is 2.38. The molecule has 0 bridgehead atoms. The van der Waals surface area contributed by atoms with Crippen LogP contribution in [0.4, 0.5) is 11.4 Å². The normalized spacial score (nSPS) is 21.9. The van der Waals surface area contributed by atoms with E-state index in [9.17, 15) is 4.79 Å². The summed E-state index contributed by atoms with van der Waals surface area (Å²) in [6, 6.07) is 11.7. The lowest BCUT2D eigenvalue weighted by molar-refractivity contribution is -0.119. The maximum Gasteiger partial charge on any atom is 0.236 e. The average Bonchev–Trinajstić information content (AvgIpc) is 2.93. The van der Waals surface area contributed by atoms with Crippen molar-refractivity contribution in [3.63, 3.8) is 0 Å². The van der Waals surface area contributed by atoms with Crippen molar-refractivity contribution in [2.75, 3.05) is 22.9 Å². The van der Waals surface area contributed by atoms with E-state index in [2.05, 4.69) is 16.0 Å². The van der Waals surface area contributed by atoms with Gasteiger partial charge in [-0.15, -0.1) is 0 Å². The molecule has 1 fully saturated rings. The van der Waals surface area contributed by atoms with Crippen LogP contribution < -0.4 is 15.5 Å². The summed E-state index contributed by atoms with van der Waals surface area (Å²) in [5.74, 6) is -0.188. The molecule has 0 saturated carbocycles. The number of pyridine rings is 1. The Morgan fingerprint density at radius 3 is 2.78 bits per heavy atom. The van der Waals surface area contributed by atoms with E-state index in [0.29, 0.717) is 12.1 Å². The number of hydrogen-bond acceptors (Lipinski definition) is 5. The van der Waals surface area contributed by atoms with Crippen LogP contribution in [0.3, 0.4) is 0 Å². The van der Waals surface area contributed by atoms with Gasteiger partial charge in [0, 0.05) is 25.3 Å². The van der Waals surface area contributed by atoms with Crippen molar-refractivity contribution < 1.29 is 4.79 Å². The summed E-state index contributed by atoms with van der Waals surface area (Å²) in [5, 5.41) is 8.98. The summed E-state index contributed by atoms with van der Waals surface area (Å²) in [6.07, 6.45) is 3.88. The number of fused-ring (bicyclic) bond motifs is 1. The quantitative estimate of drug-likeness (QED) is 0.908. The minimum absolute atomic E-state index is 0.0654. The molecule has 138 valence electrons. The van der Waals surface area contributed by atoms with Crippen LogP contribution in [-0.2, 0) is 11.3 Å². The van der Waals surface area contributed by atoms with Crippen LogP contribution >= 0.6 is 0 Å². The van der Waals surface area contributed by atoms with Crippen LogP contribution in [0, 0.1) is 11.3 Å². The first-order valence-electron chi connectivity index (χ1n) is 9.38. The van der Waals surface area contributed by atoms with Crippen molar-refractivity contribution in [1.29, 1.82) is 5.26 Å². The van der Waals surface area contributed by atoms with E-state index >= 15 is 0 Å². The zero-order valence-electron chi connectivity index (χ0n) is 15.4. The summed E-state index contributed by atoms with van der Waals surface area (Å²) in [6.45, 7) is 4.13. The van der Waals surface area contributed by atoms with E-state index in [4.69, 9.17) is 11.0 Å². The van der Waals surface area contributed by atoms with Gasteiger partial charge in [-0.25, -0.2) is 0 Å². The zero-order valence-corrected chi connectivity index (χ0v) is 15.4. The maximum atomic E-state index is 13.0. The van der Waals surface area contributed by atoms with Gasteiger partial charge in [-0.3, -0.25) is 9.78 Å². The van der Waals surface area contributed by atoms with E-state index in [1.807, 2.05) is 30.0 Å². The van der Waals surface area contributed by atoms with Crippen molar-refractivity contribution in [1.82, 2.24) is 4.98 Å². The van der Waals surface area contributed by atoms with E-state index in [1.165, 1.54) is 0 Å². The zero-order chi connectivity index (χ0) is 19.0. The number of nitrogens with zero attached hydrogens (tertiary/aromatic N) is 4. The lowest BCUT2D eigenvalue weighted by atomic mass is 10.0. The first kappa shape index (κ1) is 17.5. The number of piperidine rings is 1. The Kier molecular flexibility index (Phi) is 4.54. The molecule has 3 heterocycles. The second-order valence-electron chi connectivity index (χ2n) is 7.37. The third-order valence-corrected chi connectivity index (χ3v) is 5.47. The third kappa shape index (κ3) is 3.15. The number of rotatable bonds is 3. The number of nitrogens with two attached hydrogens (primary N) is 1. The number of carbonyl (C=O) groups is 1. The summed E-state index contributed by atoms with van der Waals surface area (Å²) < 4.78 is 0. The third-order valence-electron chi connectivity index (χ3n) is 5.47. The van der Waals surface area contributed by atoms with Gasteiger partial charge in [-0.1, -0.05) is 12.1 Å². The first-order valence-corrected chi connectivity index (χ1v) is 9.38. The fraction of sp³-hybridized carbons (Fsp3) is 0.381. The topological polar surface area (TPSA) is 86.2 Å². The number of carbonyl (C=O) groups excluding carboxylic acids is 1. The number of anilines is 2. The van der Waals surface area contributed by atoms with Crippen LogP contribution in [0.5, 0.6) is 0 Å². The van der Waals surface area contributed by atoms with Crippen LogP contribution in [0.2, 0.25) is 0 Å². The van der Waals surface area contributed by atoms with Gasteiger partial charge in [0.2, 0.25) is 5.91 Å². The molecule has 2 aliphatic heterocycles. The molecule has 2 aliphatic rings.